The Bertz CT molecular complexity index is 956. The Kier molecular flexibility index (Phi) is 8.09. The van der Waals surface area contributed by atoms with Crippen LogP contribution in [0.25, 0.3) is 0 Å². The number of halogens is 1. The Morgan fingerprint density at radius 3 is 2.28 bits per heavy atom. The molecule has 1 spiro atoms. The van der Waals surface area contributed by atoms with Crippen LogP contribution >= 0.6 is 0 Å². The molecule has 0 amide bonds. The van der Waals surface area contributed by atoms with Crippen LogP contribution in [-0.2, 0) is 5.41 Å². The number of benzene rings is 2. The molecule has 7 heteroatoms. The first-order chi connectivity index (χ1) is 15.2. The highest BCUT2D eigenvalue weighted by atomic mass is 35.7. The summed E-state index contributed by atoms with van der Waals surface area (Å²) < 4.78 is 36.6. The Morgan fingerprint density at radius 1 is 1.00 bits per heavy atom. The molecule has 0 unspecified atom stereocenters. The third kappa shape index (κ3) is 5.97. The fourth-order valence-corrected chi connectivity index (χ4v) is 4.94. The molecule has 4 rings (SSSR count). The molecule has 0 bridgehead atoms. The van der Waals surface area contributed by atoms with Crippen LogP contribution in [0.4, 0.5) is 11.4 Å². The fraction of sp³-hybridized carbons (Fsp3) is 0.400. The number of allylic oxidation sites excluding steroid dienone is 1. The molecular weight excluding hydrogens is 428 g/mol. The van der Waals surface area contributed by atoms with Gasteiger partial charge < -0.3 is 5.32 Å². The lowest BCUT2D eigenvalue weighted by Gasteiger charge is -2.31. The van der Waals surface area contributed by atoms with E-state index in [9.17, 15) is 0 Å². The second-order valence-corrected chi connectivity index (χ2v) is 9.18. The highest BCUT2D eigenvalue weighted by Gasteiger charge is 2.51. The summed E-state index contributed by atoms with van der Waals surface area (Å²) in [5.41, 5.74) is 7.21. The Morgan fingerprint density at radius 2 is 1.66 bits per heavy atom. The maximum atomic E-state index is 8.49. The number of aryl methyl sites for hydroxylation is 1. The quantitative estimate of drug-likeness (QED) is 0.684. The van der Waals surface area contributed by atoms with Gasteiger partial charge in [-0.1, -0.05) is 56.0 Å². The van der Waals surface area contributed by atoms with Crippen molar-refractivity contribution in [2.75, 3.05) is 11.9 Å². The molecule has 1 aliphatic heterocycles. The van der Waals surface area contributed by atoms with Crippen LogP contribution in [0, 0.1) is 17.2 Å². The molecule has 1 heterocycles. The molecular formula is C25H31ClN2O4. The zero-order valence-corrected chi connectivity index (χ0v) is 19.4. The molecule has 1 fully saturated rings. The number of nitrogens with one attached hydrogen (secondary N) is 1. The number of anilines is 1. The molecule has 0 atom stereocenters. The average molecular weight is 459 g/mol. The number of rotatable bonds is 5. The Hall–Kier alpha value is -2.22. The van der Waals surface area contributed by atoms with Crippen LogP contribution < -0.4 is 24.0 Å². The molecule has 32 heavy (non-hydrogen) atoms. The van der Waals surface area contributed by atoms with Crippen LogP contribution in [0.3, 0.4) is 0 Å². The van der Waals surface area contributed by atoms with Gasteiger partial charge in [-0.15, -0.1) is 10.2 Å². The third-order valence-electron chi connectivity index (χ3n) is 6.16. The highest BCUT2D eigenvalue weighted by Crippen LogP contribution is 2.49. The zero-order valence-electron chi connectivity index (χ0n) is 18.7. The Labute approximate surface area is 192 Å². The predicted octanol–water partition coefficient (Wildman–Crippen LogP) is 1.58. The molecule has 1 saturated carbocycles. The fourth-order valence-electron chi connectivity index (χ4n) is 4.94. The number of hydrogen-bond donors (Lipinski definition) is 1. The molecule has 1 aliphatic carbocycles. The van der Waals surface area contributed by atoms with Gasteiger partial charge in [-0.2, -0.15) is 4.58 Å². The van der Waals surface area contributed by atoms with E-state index in [1.165, 1.54) is 49.1 Å². The molecule has 2 aromatic carbocycles. The Balaban J connectivity index is 0.000000523. The van der Waals surface area contributed by atoms with Crippen molar-refractivity contribution in [2.45, 2.75) is 57.8 Å². The van der Waals surface area contributed by atoms with Crippen molar-refractivity contribution in [3.63, 3.8) is 0 Å². The summed E-state index contributed by atoms with van der Waals surface area (Å²) in [5, 5.41) is 3.47. The molecule has 1 N–H and O–H groups in total. The van der Waals surface area contributed by atoms with Crippen molar-refractivity contribution < 1.29 is 33.5 Å². The second kappa shape index (κ2) is 10.6. The van der Waals surface area contributed by atoms with Crippen molar-refractivity contribution in [2.24, 2.45) is 0 Å². The first-order valence-corrected chi connectivity index (χ1v) is 12.3. The average Bonchev–Trinajstić information content (AvgIpc) is 2.97. The maximum absolute atomic E-state index is 8.49. The molecule has 0 aromatic heterocycles. The van der Waals surface area contributed by atoms with Crippen molar-refractivity contribution in [3.05, 3.63) is 71.9 Å². The molecule has 0 saturated heterocycles. The zero-order chi connectivity index (χ0) is 23.2. The summed E-state index contributed by atoms with van der Waals surface area (Å²) >= 11 is 0. The minimum atomic E-state index is -4.94. The van der Waals surface area contributed by atoms with E-state index in [1.807, 2.05) is 0 Å². The number of para-hydroxylation sites is 1. The number of fused-ring (bicyclic) bond motifs is 2. The van der Waals surface area contributed by atoms with Crippen LogP contribution in [-0.4, -0.2) is 16.8 Å². The largest absolute Gasteiger partial charge is 0.361 e. The van der Waals surface area contributed by atoms with Crippen molar-refractivity contribution in [3.8, 4) is 0 Å². The SMILES string of the molecule is CCC[N+]1=C(/C=C/Nc2ccccc2)C2(CCCCC2)c2cc(C)ccc21.[O-][Cl+3]([O-])([O-])[O-]. The minimum Gasteiger partial charge on any atom is -0.361 e. The highest BCUT2D eigenvalue weighted by molar-refractivity contribution is 6.04. The summed E-state index contributed by atoms with van der Waals surface area (Å²) in [6.07, 6.45) is 12.2. The van der Waals surface area contributed by atoms with Gasteiger partial charge in [-0.05, 0) is 38.0 Å². The lowest BCUT2D eigenvalue weighted by Crippen LogP contribution is -2.68. The van der Waals surface area contributed by atoms with Crippen LogP contribution in [0.2, 0.25) is 0 Å². The second-order valence-electron chi connectivity index (χ2n) is 8.42. The summed E-state index contributed by atoms with van der Waals surface area (Å²) in [6, 6.07) is 17.5. The molecule has 172 valence electrons. The first-order valence-electron chi connectivity index (χ1n) is 11.1. The standard InChI is InChI=1S/C25H30N2.ClHO4/c1-3-18-27-23-13-12-20(2)19-22(23)25(15-8-5-9-16-25)24(27)14-17-26-21-10-6-4-7-11-21;2-1(3,4)5/h4,6-7,10-14,17,19H,3,5,8-9,15-16,18H2,1-2H3;(H,2,3,4,5). The van der Waals surface area contributed by atoms with E-state index in [-0.39, 0.29) is 5.41 Å². The molecule has 6 nitrogen and oxygen atoms in total. The summed E-state index contributed by atoms with van der Waals surface area (Å²) in [5.74, 6) is 0. The van der Waals surface area contributed by atoms with E-state index in [0.29, 0.717) is 0 Å². The molecule has 2 aromatic rings. The van der Waals surface area contributed by atoms with Gasteiger partial charge >= 0.3 is 0 Å². The van der Waals surface area contributed by atoms with Crippen molar-refractivity contribution in [1.29, 1.82) is 0 Å². The van der Waals surface area contributed by atoms with Gasteiger partial charge in [0.1, 0.15) is 6.54 Å². The first kappa shape index (κ1) is 24.4. The van der Waals surface area contributed by atoms with Gasteiger partial charge in [0, 0.05) is 36.0 Å². The van der Waals surface area contributed by atoms with Gasteiger partial charge in [0.05, 0.1) is 5.41 Å². The van der Waals surface area contributed by atoms with E-state index >= 15 is 0 Å². The van der Waals surface area contributed by atoms with Crippen molar-refractivity contribution >= 4 is 17.1 Å². The van der Waals surface area contributed by atoms with Gasteiger partial charge in [0.25, 0.3) is 0 Å². The number of hydrogen-bond acceptors (Lipinski definition) is 5. The predicted molar refractivity (Wildman–Crippen MR) is 115 cm³/mol. The van der Waals surface area contributed by atoms with Gasteiger partial charge in [-0.3, -0.25) is 0 Å². The normalized spacial score (nSPS) is 17.3. The van der Waals surface area contributed by atoms with Crippen molar-refractivity contribution in [1.82, 2.24) is 0 Å². The summed E-state index contributed by atoms with van der Waals surface area (Å²) in [6.45, 7) is 5.60. The summed E-state index contributed by atoms with van der Waals surface area (Å²) in [7, 11) is -4.94. The van der Waals surface area contributed by atoms with Gasteiger partial charge in [-0.25, -0.2) is 18.6 Å². The number of nitrogens with zero attached hydrogens (tertiary/aromatic N) is 1. The van der Waals surface area contributed by atoms with E-state index in [1.54, 1.807) is 5.56 Å². The van der Waals surface area contributed by atoms with Gasteiger partial charge in [0.15, 0.2) is 5.71 Å². The van der Waals surface area contributed by atoms with Crippen LogP contribution in [0.1, 0.15) is 56.6 Å². The van der Waals surface area contributed by atoms with Crippen LogP contribution in [0.15, 0.2) is 60.8 Å². The molecule has 0 radical (unpaired) electrons. The lowest BCUT2D eigenvalue weighted by atomic mass is 9.67. The third-order valence-corrected chi connectivity index (χ3v) is 6.16. The summed E-state index contributed by atoms with van der Waals surface area (Å²) in [4.78, 5) is 0. The maximum Gasteiger partial charge on any atom is 0.209 e. The lowest BCUT2D eigenvalue weighted by molar-refractivity contribution is -2.00. The smallest absolute Gasteiger partial charge is 0.209 e. The molecule has 2 aliphatic rings. The monoisotopic (exact) mass is 458 g/mol. The van der Waals surface area contributed by atoms with Crippen LogP contribution in [0.5, 0.6) is 0 Å². The minimum absolute atomic E-state index is 0.198. The van der Waals surface area contributed by atoms with E-state index < -0.39 is 10.2 Å². The topological polar surface area (TPSA) is 107 Å². The van der Waals surface area contributed by atoms with Gasteiger partial charge in [0.2, 0.25) is 5.69 Å². The van der Waals surface area contributed by atoms with E-state index in [0.717, 1.165) is 18.7 Å². The van der Waals surface area contributed by atoms with E-state index in [2.05, 4.69) is 84.5 Å². The van der Waals surface area contributed by atoms with E-state index in [4.69, 9.17) is 18.6 Å².